The van der Waals surface area contributed by atoms with E-state index in [1.807, 2.05) is 6.92 Å². The van der Waals surface area contributed by atoms with Crippen LogP contribution in [-0.4, -0.2) is 24.4 Å². The van der Waals surface area contributed by atoms with Gasteiger partial charge in [-0.3, -0.25) is 9.59 Å². The first-order chi connectivity index (χ1) is 6.07. The molecule has 0 bridgehead atoms. The molecule has 0 aromatic heterocycles. The summed E-state index contributed by atoms with van der Waals surface area (Å²) in [5.74, 6) is -0.580. The van der Waals surface area contributed by atoms with Gasteiger partial charge < -0.3 is 10.5 Å². The summed E-state index contributed by atoms with van der Waals surface area (Å²) in [5, 5.41) is 0. The van der Waals surface area contributed by atoms with Crippen LogP contribution in [0.2, 0.25) is 0 Å². The average Bonchev–Trinajstić information content (AvgIpc) is 2.03. The fourth-order valence-electron chi connectivity index (χ4n) is 0.817. The molecule has 0 amide bonds. The highest BCUT2D eigenvalue weighted by Gasteiger charge is 2.16. The molecule has 0 aromatic carbocycles. The molecule has 0 fully saturated rings. The van der Waals surface area contributed by atoms with Gasteiger partial charge >= 0.3 is 5.97 Å². The van der Waals surface area contributed by atoms with Crippen LogP contribution in [0.25, 0.3) is 0 Å². The Morgan fingerprint density at radius 1 is 1.46 bits per heavy atom. The maximum atomic E-state index is 11.1. The summed E-state index contributed by atoms with van der Waals surface area (Å²) in [7, 11) is 0. The molecule has 0 radical (unpaired) electrons. The van der Waals surface area contributed by atoms with Crippen LogP contribution in [0, 0.1) is 0 Å². The maximum Gasteiger partial charge on any atom is 0.323 e. The van der Waals surface area contributed by atoms with Gasteiger partial charge in [0.25, 0.3) is 0 Å². The monoisotopic (exact) mass is 187 g/mol. The molecule has 0 aliphatic heterocycles. The zero-order valence-electron chi connectivity index (χ0n) is 8.21. The van der Waals surface area contributed by atoms with Crippen molar-refractivity contribution in [3.8, 4) is 0 Å². The summed E-state index contributed by atoms with van der Waals surface area (Å²) in [4.78, 5) is 21.7. The van der Waals surface area contributed by atoms with Gasteiger partial charge in [0.15, 0.2) is 0 Å². The van der Waals surface area contributed by atoms with Crippen LogP contribution in [0.5, 0.6) is 0 Å². The highest BCUT2D eigenvalue weighted by atomic mass is 16.5. The molecule has 13 heavy (non-hydrogen) atoms. The minimum Gasteiger partial charge on any atom is -0.465 e. The second-order valence-electron chi connectivity index (χ2n) is 3.03. The van der Waals surface area contributed by atoms with E-state index in [2.05, 4.69) is 0 Å². The van der Waals surface area contributed by atoms with Crippen molar-refractivity contribution in [2.24, 2.45) is 5.73 Å². The van der Waals surface area contributed by atoms with Crippen LogP contribution < -0.4 is 5.73 Å². The van der Waals surface area contributed by atoms with E-state index >= 15 is 0 Å². The Kier molecular flexibility index (Phi) is 6.14. The number of esters is 1. The number of rotatable bonds is 6. The molecule has 1 unspecified atom stereocenters. The van der Waals surface area contributed by atoms with Crippen LogP contribution in [-0.2, 0) is 14.3 Å². The summed E-state index contributed by atoms with van der Waals surface area (Å²) < 4.78 is 4.83. The second-order valence-corrected chi connectivity index (χ2v) is 3.03. The van der Waals surface area contributed by atoms with E-state index in [1.165, 1.54) is 6.92 Å². The van der Waals surface area contributed by atoms with Crippen molar-refractivity contribution in [2.75, 3.05) is 6.61 Å². The molecule has 0 rings (SSSR count). The van der Waals surface area contributed by atoms with Gasteiger partial charge in [0.05, 0.1) is 6.61 Å². The van der Waals surface area contributed by atoms with E-state index < -0.39 is 12.0 Å². The largest absolute Gasteiger partial charge is 0.465 e. The Morgan fingerprint density at radius 2 is 2.08 bits per heavy atom. The molecule has 0 saturated carbocycles. The first-order valence-corrected chi connectivity index (χ1v) is 4.49. The third-order valence-electron chi connectivity index (χ3n) is 1.55. The quantitative estimate of drug-likeness (QED) is 0.489. The predicted molar refractivity (Wildman–Crippen MR) is 49.1 cm³/mol. The smallest absolute Gasteiger partial charge is 0.323 e. The predicted octanol–water partition coefficient (Wildman–Crippen LogP) is 0.636. The van der Waals surface area contributed by atoms with Gasteiger partial charge in [-0.25, -0.2) is 0 Å². The standard InChI is InChI=1S/C9H17NO3/c1-3-4-5-13-9(12)8(10)6-7(2)11/h8H,3-6,10H2,1-2H3. The molecule has 1 atom stereocenters. The SMILES string of the molecule is CCCCOC(=O)C(N)CC(C)=O. The van der Waals surface area contributed by atoms with Crippen molar-refractivity contribution < 1.29 is 14.3 Å². The molecular weight excluding hydrogens is 170 g/mol. The van der Waals surface area contributed by atoms with E-state index in [9.17, 15) is 9.59 Å². The summed E-state index contributed by atoms with van der Waals surface area (Å²) in [6.07, 6.45) is 1.86. The maximum absolute atomic E-state index is 11.1. The van der Waals surface area contributed by atoms with Crippen LogP contribution in [0.1, 0.15) is 33.1 Å². The lowest BCUT2D eigenvalue weighted by Crippen LogP contribution is -2.34. The molecule has 76 valence electrons. The minimum atomic E-state index is -0.797. The third-order valence-corrected chi connectivity index (χ3v) is 1.55. The second kappa shape index (κ2) is 6.60. The molecule has 0 aliphatic carbocycles. The van der Waals surface area contributed by atoms with E-state index in [-0.39, 0.29) is 12.2 Å². The molecular formula is C9H17NO3. The van der Waals surface area contributed by atoms with Crippen molar-refractivity contribution in [3.05, 3.63) is 0 Å². The van der Waals surface area contributed by atoms with E-state index in [4.69, 9.17) is 10.5 Å². The van der Waals surface area contributed by atoms with Crippen LogP contribution >= 0.6 is 0 Å². The molecule has 0 aromatic rings. The van der Waals surface area contributed by atoms with Gasteiger partial charge in [0, 0.05) is 6.42 Å². The van der Waals surface area contributed by atoms with E-state index in [0.29, 0.717) is 6.61 Å². The average molecular weight is 187 g/mol. The summed E-state index contributed by atoms with van der Waals surface area (Å²) in [6.45, 7) is 3.80. The number of hydrogen-bond acceptors (Lipinski definition) is 4. The zero-order chi connectivity index (χ0) is 10.3. The molecule has 0 aliphatic rings. The summed E-state index contributed by atoms with van der Waals surface area (Å²) in [6, 6.07) is -0.797. The Balaban J connectivity index is 3.63. The number of nitrogens with two attached hydrogens (primary N) is 1. The third kappa shape index (κ3) is 6.28. The number of ketones is 1. The van der Waals surface area contributed by atoms with Crippen molar-refractivity contribution >= 4 is 11.8 Å². The highest BCUT2D eigenvalue weighted by Crippen LogP contribution is 1.95. The van der Waals surface area contributed by atoms with Gasteiger partial charge in [0.2, 0.25) is 0 Å². The number of hydrogen-bond donors (Lipinski definition) is 1. The molecule has 0 saturated heterocycles. The first-order valence-electron chi connectivity index (χ1n) is 4.49. The minimum absolute atomic E-state index is 0.0605. The summed E-state index contributed by atoms with van der Waals surface area (Å²) in [5.41, 5.74) is 5.41. The van der Waals surface area contributed by atoms with Gasteiger partial charge in [-0.05, 0) is 13.3 Å². The topological polar surface area (TPSA) is 69.4 Å². The van der Waals surface area contributed by atoms with E-state index in [1.54, 1.807) is 0 Å². The lowest BCUT2D eigenvalue weighted by Gasteiger charge is -2.08. The highest BCUT2D eigenvalue weighted by molar-refractivity contribution is 5.84. The van der Waals surface area contributed by atoms with Gasteiger partial charge in [-0.2, -0.15) is 0 Å². The van der Waals surface area contributed by atoms with Crippen LogP contribution in [0.4, 0.5) is 0 Å². The number of carbonyl (C=O) groups is 2. The molecule has 4 nitrogen and oxygen atoms in total. The lowest BCUT2D eigenvalue weighted by molar-refractivity contribution is -0.146. The fraction of sp³-hybridized carbons (Fsp3) is 0.778. The van der Waals surface area contributed by atoms with Gasteiger partial charge in [-0.15, -0.1) is 0 Å². The number of carbonyl (C=O) groups excluding carboxylic acids is 2. The number of unbranched alkanes of at least 4 members (excludes halogenated alkanes) is 1. The fourth-order valence-corrected chi connectivity index (χ4v) is 0.817. The number of ether oxygens (including phenoxy) is 1. The molecule has 2 N–H and O–H groups in total. The van der Waals surface area contributed by atoms with Crippen LogP contribution in [0.3, 0.4) is 0 Å². The first kappa shape index (κ1) is 12.1. The normalized spacial score (nSPS) is 12.2. The Hall–Kier alpha value is -0.900. The molecule has 0 heterocycles. The molecule has 0 spiro atoms. The molecule has 4 heteroatoms. The van der Waals surface area contributed by atoms with Crippen molar-refractivity contribution in [1.29, 1.82) is 0 Å². The Bertz CT molecular complexity index is 180. The summed E-state index contributed by atoms with van der Waals surface area (Å²) >= 11 is 0. The lowest BCUT2D eigenvalue weighted by atomic mass is 10.2. The Labute approximate surface area is 78.4 Å². The van der Waals surface area contributed by atoms with Crippen molar-refractivity contribution in [2.45, 2.75) is 39.2 Å². The van der Waals surface area contributed by atoms with Gasteiger partial charge in [-0.1, -0.05) is 13.3 Å². The van der Waals surface area contributed by atoms with Gasteiger partial charge in [0.1, 0.15) is 11.8 Å². The number of Topliss-reactive ketones (excluding diaryl/α,β-unsaturated/α-hetero) is 1. The van der Waals surface area contributed by atoms with Crippen molar-refractivity contribution in [1.82, 2.24) is 0 Å². The van der Waals surface area contributed by atoms with E-state index in [0.717, 1.165) is 12.8 Å². The van der Waals surface area contributed by atoms with Crippen molar-refractivity contribution in [3.63, 3.8) is 0 Å². The van der Waals surface area contributed by atoms with Crippen LogP contribution in [0.15, 0.2) is 0 Å². The zero-order valence-corrected chi connectivity index (χ0v) is 8.21. The Morgan fingerprint density at radius 3 is 2.54 bits per heavy atom.